The number of hydrogen-bond acceptors (Lipinski definition) is 1. The SMILES string of the molecule is C=CCC1C[N+](CC=C)(CC=C)CCN1. The van der Waals surface area contributed by atoms with Crippen molar-refractivity contribution < 1.29 is 4.48 Å². The average Bonchev–Trinajstić information content (AvgIpc) is 2.19. The van der Waals surface area contributed by atoms with Gasteiger partial charge in [0.1, 0.15) is 0 Å². The van der Waals surface area contributed by atoms with Crippen LogP contribution in [0.2, 0.25) is 0 Å². The third-order valence-corrected chi connectivity index (χ3v) is 3.11. The lowest BCUT2D eigenvalue weighted by Gasteiger charge is -2.43. The Morgan fingerprint density at radius 2 is 1.80 bits per heavy atom. The zero-order valence-electron chi connectivity index (χ0n) is 9.62. The molecule has 0 spiro atoms. The molecule has 2 heteroatoms. The summed E-state index contributed by atoms with van der Waals surface area (Å²) in [6.07, 6.45) is 7.10. The zero-order valence-corrected chi connectivity index (χ0v) is 9.62. The molecular formula is C13H23N2+. The Balaban J connectivity index is 2.64. The standard InChI is InChI=1S/C13H23N2/c1-4-7-13-12-15(9-5-2,10-6-3)11-8-14-13/h4-6,13-14H,1-3,7-12H2/q+1. The van der Waals surface area contributed by atoms with E-state index in [1.807, 2.05) is 18.2 Å². The molecule has 0 bridgehead atoms. The smallest absolute Gasteiger partial charge is 0.0974 e. The Bertz CT molecular complexity index is 223. The van der Waals surface area contributed by atoms with E-state index in [2.05, 4.69) is 25.1 Å². The summed E-state index contributed by atoms with van der Waals surface area (Å²) in [5.74, 6) is 0. The molecule has 84 valence electrons. The Kier molecular flexibility index (Phi) is 4.79. The lowest BCUT2D eigenvalue weighted by molar-refractivity contribution is -0.921. The maximum atomic E-state index is 3.86. The van der Waals surface area contributed by atoms with Crippen LogP contribution in [-0.4, -0.2) is 43.2 Å². The summed E-state index contributed by atoms with van der Waals surface area (Å²) in [4.78, 5) is 0. The van der Waals surface area contributed by atoms with Crippen molar-refractivity contribution >= 4 is 0 Å². The quantitative estimate of drug-likeness (QED) is 0.516. The van der Waals surface area contributed by atoms with Gasteiger partial charge in [-0.15, -0.1) is 6.58 Å². The van der Waals surface area contributed by atoms with Crippen molar-refractivity contribution in [2.24, 2.45) is 0 Å². The van der Waals surface area contributed by atoms with E-state index in [1.165, 1.54) is 6.54 Å². The normalized spacial score (nSPS) is 24.4. The first-order valence-electron chi connectivity index (χ1n) is 5.67. The molecule has 1 aliphatic rings. The van der Waals surface area contributed by atoms with Gasteiger partial charge in [-0.05, 0) is 18.6 Å². The molecule has 0 amide bonds. The summed E-state index contributed by atoms with van der Waals surface area (Å²) in [5, 5.41) is 3.54. The highest BCUT2D eigenvalue weighted by molar-refractivity contribution is 4.83. The van der Waals surface area contributed by atoms with E-state index in [9.17, 15) is 0 Å². The van der Waals surface area contributed by atoms with Crippen LogP contribution in [0.3, 0.4) is 0 Å². The van der Waals surface area contributed by atoms with Gasteiger partial charge in [-0.3, -0.25) is 0 Å². The third kappa shape index (κ3) is 3.33. The van der Waals surface area contributed by atoms with Crippen molar-refractivity contribution in [1.82, 2.24) is 5.32 Å². The predicted octanol–water partition coefficient (Wildman–Crippen LogP) is 1.72. The molecule has 0 aromatic rings. The Morgan fingerprint density at radius 1 is 1.13 bits per heavy atom. The monoisotopic (exact) mass is 207 g/mol. The molecule has 0 radical (unpaired) electrons. The molecule has 1 aliphatic heterocycles. The number of hydrogen-bond donors (Lipinski definition) is 1. The van der Waals surface area contributed by atoms with Crippen molar-refractivity contribution in [2.45, 2.75) is 12.5 Å². The predicted molar refractivity (Wildman–Crippen MR) is 66.7 cm³/mol. The first-order chi connectivity index (χ1) is 7.26. The zero-order chi connectivity index (χ0) is 11.1. The first kappa shape index (κ1) is 12.2. The molecule has 1 unspecified atom stereocenters. The molecule has 1 fully saturated rings. The molecule has 0 aromatic heterocycles. The Labute approximate surface area is 93.6 Å². The Hall–Kier alpha value is -0.860. The highest BCUT2D eigenvalue weighted by Crippen LogP contribution is 2.14. The van der Waals surface area contributed by atoms with Gasteiger partial charge in [0.15, 0.2) is 0 Å². The minimum absolute atomic E-state index is 0.566. The maximum Gasteiger partial charge on any atom is 0.0974 e. The number of nitrogens with zero attached hydrogens (tertiary/aromatic N) is 1. The van der Waals surface area contributed by atoms with Crippen molar-refractivity contribution in [2.75, 3.05) is 32.7 Å². The van der Waals surface area contributed by atoms with Crippen LogP contribution >= 0.6 is 0 Å². The largest absolute Gasteiger partial charge is 0.315 e. The third-order valence-electron chi connectivity index (χ3n) is 3.11. The van der Waals surface area contributed by atoms with Gasteiger partial charge in [0.2, 0.25) is 0 Å². The molecule has 0 saturated carbocycles. The lowest BCUT2D eigenvalue weighted by Crippen LogP contribution is -2.62. The topological polar surface area (TPSA) is 12.0 Å². The van der Waals surface area contributed by atoms with Gasteiger partial charge in [0.25, 0.3) is 0 Å². The fraction of sp³-hybridized carbons (Fsp3) is 0.538. The fourth-order valence-electron chi connectivity index (χ4n) is 2.44. The lowest BCUT2D eigenvalue weighted by atomic mass is 10.1. The second-order valence-corrected chi connectivity index (χ2v) is 4.37. The van der Waals surface area contributed by atoms with Crippen LogP contribution in [-0.2, 0) is 0 Å². The molecule has 1 saturated heterocycles. The Morgan fingerprint density at radius 3 is 2.33 bits per heavy atom. The minimum atomic E-state index is 0.566. The van der Waals surface area contributed by atoms with E-state index in [4.69, 9.17) is 0 Å². The van der Waals surface area contributed by atoms with Gasteiger partial charge in [-0.1, -0.05) is 19.2 Å². The van der Waals surface area contributed by atoms with E-state index < -0.39 is 0 Å². The first-order valence-corrected chi connectivity index (χ1v) is 5.67. The maximum absolute atomic E-state index is 3.86. The van der Waals surface area contributed by atoms with Crippen molar-refractivity contribution in [1.29, 1.82) is 0 Å². The van der Waals surface area contributed by atoms with Crippen LogP contribution < -0.4 is 5.32 Å². The minimum Gasteiger partial charge on any atom is -0.315 e. The van der Waals surface area contributed by atoms with Crippen LogP contribution in [0, 0.1) is 0 Å². The van der Waals surface area contributed by atoms with Crippen LogP contribution in [0.4, 0.5) is 0 Å². The fourth-order valence-corrected chi connectivity index (χ4v) is 2.44. The summed E-state index contributed by atoms with van der Waals surface area (Å²) in [6.45, 7) is 17.0. The van der Waals surface area contributed by atoms with E-state index in [0.29, 0.717) is 6.04 Å². The molecule has 15 heavy (non-hydrogen) atoms. The molecule has 2 nitrogen and oxygen atoms in total. The second kappa shape index (κ2) is 5.89. The van der Waals surface area contributed by atoms with Crippen molar-refractivity contribution in [3.8, 4) is 0 Å². The van der Waals surface area contributed by atoms with Crippen molar-refractivity contribution in [3.63, 3.8) is 0 Å². The number of nitrogens with one attached hydrogen (secondary N) is 1. The van der Waals surface area contributed by atoms with Gasteiger partial charge in [0, 0.05) is 6.54 Å². The molecular weight excluding hydrogens is 184 g/mol. The van der Waals surface area contributed by atoms with Gasteiger partial charge in [-0.25, -0.2) is 0 Å². The molecule has 1 rings (SSSR count). The van der Waals surface area contributed by atoms with Crippen LogP contribution in [0.5, 0.6) is 0 Å². The van der Waals surface area contributed by atoms with Crippen LogP contribution in [0.25, 0.3) is 0 Å². The molecule has 1 atom stereocenters. The van der Waals surface area contributed by atoms with Gasteiger partial charge < -0.3 is 9.80 Å². The van der Waals surface area contributed by atoms with Crippen molar-refractivity contribution in [3.05, 3.63) is 38.0 Å². The molecule has 0 aliphatic carbocycles. The summed E-state index contributed by atoms with van der Waals surface area (Å²) in [5.41, 5.74) is 0. The van der Waals surface area contributed by atoms with Gasteiger partial charge >= 0.3 is 0 Å². The van der Waals surface area contributed by atoms with E-state index in [-0.39, 0.29) is 0 Å². The summed E-state index contributed by atoms with van der Waals surface area (Å²) >= 11 is 0. The molecule has 1 N–H and O–H groups in total. The number of rotatable bonds is 6. The summed E-state index contributed by atoms with van der Waals surface area (Å²) < 4.78 is 1.10. The summed E-state index contributed by atoms with van der Waals surface area (Å²) in [6, 6.07) is 0.566. The molecule has 0 aromatic carbocycles. The average molecular weight is 207 g/mol. The highest BCUT2D eigenvalue weighted by atomic mass is 15.4. The van der Waals surface area contributed by atoms with E-state index in [1.54, 1.807) is 0 Å². The van der Waals surface area contributed by atoms with Gasteiger partial charge in [0.05, 0.1) is 32.2 Å². The van der Waals surface area contributed by atoms with Gasteiger partial charge in [-0.2, -0.15) is 0 Å². The van der Waals surface area contributed by atoms with Crippen LogP contribution in [0.15, 0.2) is 38.0 Å². The van der Waals surface area contributed by atoms with Crippen LogP contribution in [0.1, 0.15) is 6.42 Å². The molecule has 1 heterocycles. The second-order valence-electron chi connectivity index (χ2n) is 4.37. The van der Waals surface area contributed by atoms with E-state index >= 15 is 0 Å². The number of quaternary nitrogens is 1. The number of piperazine rings is 1. The highest BCUT2D eigenvalue weighted by Gasteiger charge is 2.31. The van der Waals surface area contributed by atoms with E-state index in [0.717, 1.165) is 37.1 Å². The summed E-state index contributed by atoms with van der Waals surface area (Å²) in [7, 11) is 0.